The minimum atomic E-state index is 0.135. The zero-order valence-electron chi connectivity index (χ0n) is 11.3. The van der Waals surface area contributed by atoms with E-state index in [9.17, 15) is 4.79 Å². The molecule has 1 heterocycles. The van der Waals surface area contributed by atoms with Gasteiger partial charge in [-0.1, -0.05) is 18.2 Å². The lowest BCUT2D eigenvalue weighted by molar-refractivity contribution is -0.130. The van der Waals surface area contributed by atoms with Gasteiger partial charge in [-0.25, -0.2) is 0 Å². The second-order valence-electron chi connectivity index (χ2n) is 4.71. The van der Waals surface area contributed by atoms with Gasteiger partial charge in [-0.05, 0) is 51.0 Å². The average Bonchev–Trinajstić information content (AvgIpc) is 2.82. The third kappa shape index (κ3) is 4.08. The Hall–Kier alpha value is -1.33. The van der Waals surface area contributed by atoms with Crippen LogP contribution in [0.3, 0.4) is 0 Å². The van der Waals surface area contributed by atoms with Gasteiger partial charge >= 0.3 is 0 Å². The van der Waals surface area contributed by atoms with Gasteiger partial charge in [0.1, 0.15) is 0 Å². The molecule has 0 saturated carbocycles. The summed E-state index contributed by atoms with van der Waals surface area (Å²) in [5.74, 6) is 0.135. The molecule has 2 aromatic rings. The Morgan fingerprint density at radius 3 is 2.80 bits per heavy atom. The maximum Gasteiger partial charge on any atom is 0.222 e. The van der Waals surface area contributed by atoms with Crippen LogP contribution in [0.15, 0.2) is 39.5 Å². The van der Waals surface area contributed by atoms with Gasteiger partial charge in [-0.3, -0.25) is 4.79 Å². The van der Waals surface area contributed by atoms with Crippen molar-refractivity contribution in [3.8, 4) is 0 Å². The summed E-state index contributed by atoms with van der Waals surface area (Å²) < 4.78 is 1.09. The first kappa shape index (κ1) is 15.1. The summed E-state index contributed by atoms with van der Waals surface area (Å²) in [7, 11) is 1.84. The number of hydrogen-bond acceptors (Lipinski definition) is 3. The van der Waals surface area contributed by atoms with Gasteiger partial charge in [0.15, 0.2) is 0 Å². The number of carbonyl (C=O) groups is 1. The van der Waals surface area contributed by atoms with Gasteiger partial charge in [0, 0.05) is 25.7 Å². The molecule has 106 valence electrons. The zero-order chi connectivity index (χ0) is 14.5. The topological polar surface area (TPSA) is 46.3 Å². The van der Waals surface area contributed by atoms with Crippen LogP contribution in [-0.2, 0) is 17.8 Å². The molecule has 20 heavy (non-hydrogen) atoms. The number of thiophene rings is 1. The molecule has 2 N–H and O–H groups in total. The van der Waals surface area contributed by atoms with Crippen LogP contribution in [0.25, 0.3) is 0 Å². The number of aryl methyl sites for hydroxylation is 1. The number of amides is 1. The Morgan fingerprint density at radius 2 is 2.15 bits per heavy atom. The number of nitrogens with two attached hydrogens (primary N) is 1. The van der Waals surface area contributed by atoms with Crippen LogP contribution in [-0.4, -0.2) is 17.9 Å². The Labute approximate surface area is 131 Å². The molecular formula is C15H17BrN2OS. The van der Waals surface area contributed by atoms with Crippen LogP contribution in [0.1, 0.15) is 17.5 Å². The fourth-order valence-corrected chi connectivity index (χ4v) is 3.19. The van der Waals surface area contributed by atoms with Crippen molar-refractivity contribution < 1.29 is 4.79 Å². The number of nitrogens with zero attached hydrogens (tertiary/aromatic N) is 1. The smallest absolute Gasteiger partial charge is 0.222 e. The van der Waals surface area contributed by atoms with Crippen molar-refractivity contribution >= 4 is 38.9 Å². The molecule has 5 heteroatoms. The molecule has 0 aliphatic heterocycles. The lowest BCUT2D eigenvalue weighted by atomic mass is 10.1. The van der Waals surface area contributed by atoms with E-state index >= 15 is 0 Å². The van der Waals surface area contributed by atoms with E-state index in [0.717, 1.165) is 20.6 Å². The lowest BCUT2D eigenvalue weighted by Crippen LogP contribution is -2.26. The van der Waals surface area contributed by atoms with Crippen LogP contribution >= 0.6 is 27.3 Å². The second kappa shape index (κ2) is 6.90. The minimum absolute atomic E-state index is 0.135. The Morgan fingerprint density at radius 1 is 1.40 bits per heavy atom. The van der Waals surface area contributed by atoms with E-state index in [1.165, 1.54) is 0 Å². The molecule has 1 aromatic carbocycles. The van der Waals surface area contributed by atoms with Crippen molar-refractivity contribution in [2.75, 3.05) is 12.8 Å². The maximum atomic E-state index is 12.1. The lowest BCUT2D eigenvalue weighted by Gasteiger charge is -2.16. The average molecular weight is 353 g/mol. The summed E-state index contributed by atoms with van der Waals surface area (Å²) >= 11 is 5.06. The molecule has 0 spiro atoms. The monoisotopic (exact) mass is 352 g/mol. The Kier molecular flexibility index (Phi) is 5.20. The van der Waals surface area contributed by atoms with Crippen molar-refractivity contribution in [2.24, 2.45) is 0 Å². The van der Waals surface area contributed by atoms with E-state index < -0.39 is 0 Å². The predicted octanol–water partition coefficient (Wildman–Crippen LogP) is 3.68. The molecule has 0 unspecified atom stereocenters. The van der Waals surface area contributed by atoms with Crippen LogP contribution in [0, 0.1) is 0 Å². The van der Waals surface area contributed by atoms with E-state index in [4.69, 9.17) is 5.73 Å². The van der Waals surface area contributed by atoms with Gasteiger partial charge in [-0.2, -0.15) is 0 Å². The third-order valence-corrected chi connectivity index (χ3v) is 4.68. The van der Waals surface area contributed by atoms with E-state index in [1.807, 2.05) is 37.4 Å². The largest absolute Gasteiger partial charge is 0.399 e. The van der Waals surface area contributed by atoms with Gasteiger partial charge in [0.2, 0.25) is 5.91 Å². The van der Waals surface area contributed by atoms with Crippen molar-refractivity contribution in [3.63, 3.8) is 0 Å². The van der Waals surface area contributed by atoms with Gasteiger partial charge in [0.05, 0.1) is 3.79 Å². The molecule has 1 aromatic heterocycles. The van der Waals surface area contributed by atoms with E-state index in [2.05, 4.69) is 21.3 Å². The summed E-state index contributed by atoms with van der Waals surface area (Å²) in [5.41, 5.74) is 8.82. The quantitative estimate of drug-likeness (QED) is 0.834. The summed E-state index contributed by atoms with van der Waals surface area (Å²) in [6.07, 6.45) is 1.17. The molecule has 0 fully saturated rings. The fraction of sp³-hybridized carbons (Fsp3) is 0.267. The molecule has 0 radical (unpaired) electrons. The van der Waals surface area contributed by atoms with Gasteiger partial charge in [-0.15, -0.1) is 11.3 Å². The molecular weight excluding hydrogens is 336 g/mol. The number of benzene rings is 1. The highest BCUT2D eigenvalue weighted by Crippen LogP contribution is 2.21. The summed E-state index contributed by atoms with van der Waals surface area (Å²) in [6.45, 7) is 0.644. The molecule has 0 atom stereocenters. The van der Waals surface area contributed by atoms with E-state index in [1.54, 1.807) is 16.2 Å². The zero-order valence-corrected chi connectivity index (χ0v) is 13.7. The Balaban J connectivity index is 1.87. The molecule has 0 aliphatic rings. The molecule has 3 nitrogen and oxygen atoms in total. The first-order chi connectivity index (χ1) is 9.56. The van der Waals surface area contributed by atoms with Crippen molar-refractivity contribution in [2.45, 2.75) is 19.4 Å². The SMILES string of the molecule is CN(Cc1csc(Br)c1)C(=O)CCc1ccccc1N. The van der Waals surface area contributed by atoms with Crippen LogP contribution in [0.2, 0.25) is 0 Å². The predicted molar refractivity (Wildman–Crippen MR) is 87.7 cm³/mol. The number of para-hydroxylation sites is 1. The number of carbonyl (C=O) groups excluding carboxylic acids is 1. The highest BCUT2D eigenvalue weighted by atomic mass is 79.9. The second-order valence-corrected chi connectivity index (χ2v) is 7.00. The highest BCUT2D eigenvalue weighted by molar-refractivity contribution is 9.11. The van der Waals surface area contributed by atoms with Crippen LogP contribution < -0.4 is 5.73 Å². The molecule has 0 saturated heterocycles. The summed E-state index contributed by atoms with van der Waals surface area (Å²) in [6, 6.07) is 9.73. The van der Waals surface area contributed by atoms with E-state index in [-0.39, 0.29) is 5.91 Å². The van der Waals surface area contributed by atoms with E-state index in [0.29, 0.717) is 19.4 Å². The molecule has 2 rings (SSSR count). The normalized spacial score (nSPS) is 10.5. The van der Waals surface area contributed by atoms with Crippen LogP contribution in [0.4, 0.5) is 5.69 Å². The highest BCUT2D eigenvalue weighted by Gasteiger charge is 2.11. The molecule has 0 bridgehead atoms. The fourth-order valence-electron chi connectivity index (χ4n) is 1.99. The van der Waals surface area contributed by atoms with Crippen molar-refractivity contribution in [1.29, 1.82) is 0 Å². The first-order valence-electron chi connectivity index (χ1n) is 6.36. The molecule has 0 aliphatic carbocycles. The summed E-state index contributed by atoms with van der Waals surface area (Å²) in [5, 5.41) is 2.06. The van der Waals surface area contributed by atoms with Gasteiger partial charge in [0.25, 0.3) is 0 Å². The number of hydrogen-bond donors (Lipinski definition) is 1. The number of halogens is 1. The third-order valence-electron chi connectivity index (χ3n) is 3.13. The molecule has 1 amide bonds. The van der Waals surface area contributed by atoms with Crippen molar-refractivity contribution in [1.82, 2.24) is 4.90 Å². The number of nitrogen functional groups attached to an aromatic ring is 1. The standard InChI is InChI=1S/C15H17BrN2OS/c1-18(9-11-8-14(16)20-10-11)15(19)7-6-12-4-2-3-5-13(12)17/h2-5,8,10H,6-7,9,17H2,1H3. The van der Waals surface area contributed by atoms with Gasteiger partial charge < -0.3 is 10.6 Å². The summed E-state index contributed by atoms with van der Waals surface area (Å²) in [4.78, 5) is 13.9. The first-order valence-corrected chi connectivity index (χ1v) is 8.04. The number of anilines is 1. The maximum absolute atomic E-state index is 12.1. The minimum Gasteiger partial charge on any atom is -0.399 e. The van der Waals surface area contributed by atoms with Crippen molar-refractivity contribution in [3.05, 3.63) is 50.6 Å². The van der Waals surface area contributed by atoms with Crippen LogP contribution in [0.5, 0.6) is 0 Å². The number of rotatable bonds is 5. The Bertz CT molecular complexity index is 597.